The number of aryl methyl sites for hydroxylation is 1. The highest BCUT2D eigenvalue weighted by Crippen LogP contribution is 2.27. The Labute approximate surface area is 114 Å². The third-order valence-electron chi connectivity index (χ3n) is 4.39. The van der Waals surface area contributed by atoms with Gasteiger partial charge < -0.3 is 14.8 Å². The Morgan fingerprint density at radius 3 is 2.74 bits per heavy atom. The Hall–Kier alpha value is -1.36. The molecule has 2 aliphatic heterocycles. The summed E-state index contributed by atoms with van der Waals surface area (Å²) >= 11 is 0. The molecule has 0 radical (unpaired) electrons. The fourth-order valence-electron chi connectivity index (χ4n) is 3.24. The second-order valence-corrected chi connectivity index (χ2v) is 5.64. The Kier molecular flexibility index (Phi) is 3.55. The van der Waals surface area contributed by atoms with Crippen molar-refractivity contribution in [3.05, 3.63) is 18.2 Å². The summed E-state index contributed by atoms with van der Waals surface area (Å²) < 4.78 is 2.10. The summed E-state index contributed by atoms with van der Waals surface area (Å²) in [4.78, 5) is 18.8. The van der Waals surface area contributed by atoms with E-state index in [-0.39, 0.29) is 6.04 Å². The fourth-order valence-corrected chi connectivity index (χ4v) is 3.24. The zero-order valence-electron chi connectivity index (χ0n) is 11.5. The van der Waals surface area contributed by atoms with Gasteiger partial charge in [0.05, 0.1) is 6.04 Å². The molecule has 0 spiro atoms. The lowest BCUT2D eigenvalue weighted by Crippen LogP contribution is -2.46. The lowest BCUT2D eigenvalue weighted by Gasteiger charge is -2.33. The molecular weight excluding hydrogens is 240 g/mol. The van der Waals surface area contributed by atoms with Crippen molar-refractivity contribution >= 4 is 5.91 Å². The average molecular weight is 262 g/mol. The molecule has 2 saturated heterocycles. The maximum atomic E-state index is 12.3. The average Bonchev–Trinajstić information content (AvgIpc) is 3.09. The topological polar surface area (TPSA) is 50.2 Å². The molecule has 1 N–H and O–H groups in total. The van der Waals surface area contributed by atoms with Gasteiger partial charge in [-0.25, -0.2) is 4.98 Å². The molecule has 5 heteroatoms. The number of aromatic nitrogens is 2. The first kappa shape index (κ1) is 12.7. The summed E-state index contributed by atoms with van der Waals surface area (Å²) in [5.74, 6) is 1.96. The molecule has 1 aromatic rings. The van der Waals surface area contributed by atoms with Gasteiger partial charge in [0.15, 0.2) is 0 Å². The van der Waals surface area contributed by atoms with Gasteiger partial charge in [-0.05, 0) is 32.2 Å². The minimum absolute atomic E-state index is 0.0738. The van der Waals surface area contributed by atoms with Crippen LogP contribution in [0.15, 0.2) is 12.4 Å². The molecule has 0 unspecified atom stereocenters. The van der Waals surface area contributed by atoms with Crippen LogP contribution in [0.25, 0.3) is 0 Å². The zero-order chi connectivity index (χ0) is 13.2. The van der Waals surface area contributed by atoms with Gasteiger partial charge in [-0.3, -0.25) is 4.79 Å². The normalized spacial score (nSPS) is 24.9. The first-order chi connectivity index (χ1) is 9.25. The number of rotatable bonds is 2. The number of carbonyl (C=O) groups is 1. The van der Waals surface area contributed by atoms with Crippen LogP contribution in [-0.2, 0) is 11.8 Å². The number of hydrogen-bond donors (Lipinski definition) is 1. The highest BCUT2D eigenvalue weighted by Gasteiger charge is 2.30. The van der Waals surface area contributed by atoms with Crippen LogP contribution in [0.3, 0.4) is 0 Å². The Morgan fingerprint density at radius 2 is 2.16 bits per heavy atom. The van der Waals surface area contributed by atoms with Crippen LogP contribution in [-0.4, -0.2) is 46.0 Å². The van der Waals surface area contributed by atoms with Gasteiger partial charge in [0.1, 0.15) is 5.82 Å². The number of piperidine rings is 1. The SMILES string of the molecule is Cn1ccnc1C1CCN(C(=O)[C@H]2CCCN2)CC1. The number of carbonyl (C=O) groups excluding carboxylic acids is 1. The van der Waals surface area contributed by atoms with Crippen LogP contribution < -0.4 is 5.32 Å². The van der Waals surface area contributed by atoms with Gasteiger partial charge >= 0.3 is 0 Å². The van der Waals surface area contributed by atoms with Crippen molar-refractivity contribution in [3.63, 3.8) is 0 Å². The van der Waals surface area contributed by atoms with Crippen LogP contribution in [0.4, 0.5) is 0 Å². The number of hydrogen-bond acceptors (Lipinski definition) is 3. The molecule has 0 aromatic carbocycles. The summed E-state index contributed by atoms with van der Waals surface area (Å²) in [6.07, 6.45) is 8.04. The van der Waals surface area contributed by atoms with Gasteiger partial charge in [0, 0.05) is 38.4 Å². The molecule has 3 heterocycles. The van der Waals surface area contributed by atoms with E-state index in [0.29, 0.717) is 11.8 Å². The number of likely N-dealkylation sites (tertiary alicyclic amines) is 1. The van der Waals surface area contributed by atoms with Crippen LogP contribution in [0.2, 0.25) is 0 Å². The smallest absolute Gasteiger partial charge is 0.239 e. The molecule has 1 amide bonds. The summed E-state index contributed by atoms with van der Waals surface area (Å²) in [6.45, 7) is 2.73. The van der Waals surface area contributed by atoms with Gasteiger partial charge in [0.25, 0.3) is 0 Å². The minimum Gasteiger partial charge on any atom is -0.341 e. The molecule has 1 atom stereocenters. The van der Waals surface area contributed by atoms with Gasteiger partial charge in [-0.1, -0.05) is 0 Å². The number of imidazole rings is 1. The molecule has 1 aromatic heterocycles. The fraction of sp³-hybridized carbons (Fsp3) is 0.714. The second kappa shape index (κ2) is 5.33. The molecule has 104 valence electrons. The third kappa shape index (κ3) is 2.52. The maximum absolute atomic E-state index is 12.3. The maximum Gasteiger partial charge on any atom is 0.239 e. The lowest BCUT2D eigenvalue weighted by atomic mass is 9.95. The molecule has 5 nitrogen and oxygen atoms in total. The predicted octanol–water partition coefficient (Wildman–Crippen LogP) is 0.878. The molecule has 3 rings (SSSR count). The molecule has 0 aliphatic carbocycles. The zero-order valence-corrected chi connectivity index (χ0v) is 11.5. The lowest BCUT2D eigenvalue weighted by molar-refractivity contribution is -0.134. The summed E-state index contributed by atoms with van der Waals surface area (Å²) in [7, 11) is 2.04. The van der Waals surface area contributed by atoms with Gasteiger partial charge in [-0.2, -0.15) is 0 Å². The molecule has 19 heavy (non-hydrogen) atoms. The number of nitrogens with one attached hydrogen (secondary N) is 1. The van der Waals surface area contributed by atoms with Gasteiger partial charge in [0.2, 0.25) is 5.91 Å². The van der Waals surface area contributed by atoms with E-state index in [1.54, 1.807) is 0 Å². The van der Waals surface area contributed by atoms with Crippen molar-refractivity contribution in [3.8, 4) is 0 Å². The third-order valence-corrected chi connectivity index (χ3v) is 4.39. The quantitative estimate of drug-likeness (QED) is 0.860. The van der Waals surface area contributed by atoms with Crippen molar-refractivity contribution in [1.29, 1.82) is 0 Å². The van der Waals surface area contributed by atoms with E-state index in [0.717, 1.165) is 51.1 Å². The first-order valence-electron chi connectivity index (χ1n) is 7.25. The van der Waals surface area contributed by atoms with E-state index in [2.05, 4.69) is 14.9 Å². The van der Waals surface area contributed by atoms with Crippen molar-refractivity contribution in [2.45, 2.75) is 37.6 Å². The molecular formula is C14H22N4O. The molecule has 0 saturated carbocycles. The van der Waals surface area contributed by atoms with E-state index >= 15 is 0 Å². The standard InChI is InChI=1S/C14H22N4O/c1-17-10-7-16-13(17)11-4-8-18(9-5-11)14(19)12-3-2-6-15-12/h7,10-12,15H,2-6,8-9H2,1H3/t12-/m1/s1. The van der Waals surface area contributed by atoms with Crippen molar-refractivity contribution < 1.29 is 4.79 Å². The minimum atomic E-state index is 0.0738. The van der Waals surface area contributed by atoms with E-state index in [1.807, 2.05) is 24.3 Å². The van der Waals surface area contributed by atoms with Crippen LogP contribution in [0.5, 0.6) is 0 Å². The monoisotopic (exact) mass is 262 g/mol. The van der Waals surface area contributed by atoms with Crippen LogP contribution >= 0.6 is 0 Å². The Bertz CT molecular complexity index is 442. The van der Waals surface area contributed by atoms with Gasteiger partial charge in [-0.15, -0.1) is 0 Å². The van der Waals surface area contributed by atoms with E-state index in [1.165, 1.54) is 0 Å². The van der Waals surface area contributed by atoms with E-state index < -0.39 is 0 Å². The van der Waals surface area contributed by atoms with Crippen LogP contribution in [0.1, 0.15) is 37.4 Å². The first-order valence-corrected chi connectivity index (χ1v) is 7.25. The largest absolute Gasteiger partial charge is 0.341 e. The van der Waals surface area contributed by atoms with Crippen molar-refractivity contribution in [1.82, 2.24) is 19.8 Å². The highest BCUT2D eigenvalue weighted by molar-refractivity contribution is 5.82. The summed E-state index contributed by atoms with van der Waals surface area (Å²) in [5, 5.41) is 3.29. The van der Waals surface area contributed by atoms with E-state index in [9.17, 15) is 4.79 Å². The predicted molar refractivity (Wildman–Crippen MR) is 72.8 cm³/mol. The second-order valence-electron chi connectivity index (χ2n) is 5.64. The number of nitrogens with zero attached hydrogens (tertiary/aromatic N) is 3. The van der Waals surface area contributed by atoms with Crippen molar-refractivity contribution in [2.24, 2.45) is 7.05 Å². The summed E-state index contributed by atoms with van der Waals surface area (Å²) in [5.41, 5.74) is 0. The Morgan fingerprint density at radius 1 is 1.37 bits per heavy atom. The van der Waals surface area contributed by atoms with Crippen molar-refractivity contribution in [2.75, 3.05) is 19.6 Å². The molecule has 2 fully saturated rings. The van der Waals surface area contributed by atoms with E-state index in [4.69, 9.17) is 0 Å². The highest BCUT2D eigenvalue weighted by atomic mass is 16.2. The Balaban J connectivity index is 1.57. The summed E-state index contributed by atoms with van der Waals surface area (Å²) in [6, 6.07) is 0.0738. The van der Waals surface area contributed by atoms with Crippen LogP contribution in [0, 0.1) is 0 Å². The molecule has 2 aliphatic rings. The molecule has 0 bridgehead atoms. The number of amides is 1.